The third kappa shape index (κ3) is 2.12. The van der Waals surface area contributed by atoms with Crippen LogP contribution < -0.4 is 0 Å². The van der Waals surface area contributed by atoms with Crippen molar-refractivity contribution < 1.29 is 9.63 Å². The molecule has 20 heavy (non-hydrogen) atoms. The van der Waals surface area contributed by atoms with E-state index < -0.39 is 0 Å². The number of hydrogen-bond donors (Lipinski definition) is 0. The Bertz CT molecular complexity index is 635. The van der Waals surface area contributed by atoms with Gasteiger partial charge in [-0.15, -0.1) is 5.06 Å². The maximum Gasteiger partial charge on any atom is 0.163 e. The van der Waals surface area contributed by atoms with Gasteiger partial charge in [0.05, 0.1) is 5.57 Å². The van der Waals surface area contributed by atoms with Crippen molar-refractivity contribution in [1.29, 1.82) is 0 Å². The van der Waals surface area contributed by atoms with Crippen molar-refractivity contribution in [3.8, 4) is 0 Å². The number of benzene rings is 2. The first-order chi connectivity index (χ1) is 9.81. The van der Waals surface area contributed by atoms with E-state index in [2.05, 4.69) is 0 Å². The van der Waals surface area contributed by atoms with Crippen LogP contribution in [0.15, 0.2) is 66.2 Å². The molecule has 3 nitrogen and oxygen atoms in total. The van der Waals surface area contributed by atoms with Gasteiger partial charge in [-0.2, -0.15) is 0 Å². The second kappa shape index (κ2) is 5.31. The molecule has 0 fully saturated rings. The molecule has 1 atom stereocenters. The summed E-state index contributed by atoms with van der Waals surface area (Å²) in [7, 11) is 1.84. The summed E-state index contributed by atoms with van der Waals surface area (Å²) in [5.74, 6) is 0.636. The summed E-state index contributed by atoms with van der Waals surface area (Å²) >= 11 is 0. The number of carbonyl (C=O) groups excluding carboxylic acids is 1. The molecule has 0 N–H and O–H groups in total. The van der Waals surface area contributed by atoms with Gasteiger partial charge in [0.15, 0.2) is 12.0 Å². The Balaban J connectivity index is 2.08. The molecule has 1 heterocycles. The van der Waals surface area contributed by atoms with Crippen LogP contribution in [-0.2, 0) is 9.63 Å². The highest BCUT2D eigenvalue weighted by molar-refractivity contribution is 5.88. The van der Waals surface area contributed by atoms with E-state index in [0.29, 0.717) is 11.3 Å². The lowest BCUT2D eigenvalue weighted by molar-refractivity contribution is -0.106. The van der Waals surface area contributed by atoms with Gasteiger partial charge >= 0.3 is 0 Å². The molecule has 3 heteroatoms. The van der Waals surface area contributed by atoms with Crippen LogP contribution in [0.5, 0.6) is 0 Å². The van der Waals surface area contributed by atoms with E-state index in [1.165, 1.54) is 0 Å². The van der Waals surface area contributed by atoms with E-state index in [-0.39, 0.29) is 6.04 Å². The van der Waals surface area contributed by atoms with Crippen LogP contribution in [0.25, 0.3) is 5.76 Å². The smallest absolute Gasteiger partial charge is 0.163 e. The number of aldehydes is 1. The normalized spacial score (nSPS) is 18.9. The Kier molecular flexibility index (Phi) is 3.35. The first-order valence-electron chi connectivity index (χ1n) is 6.52. The highest BCUT2D eigenvalue weighted by Gasteiger charge is 2.34. The van der Waals surface area contributed by atoms with E-state index >= 15 is 0 Å². The van der Waals surface area contributed by atoms with E-state index in [1.807, 2.05) is 67.7 Å². The maximum absolute atomic E-state index is 11.6. The fraction of sp³-hybridized carbons (Fsp3) is 0.118. The Morgan fingerprint density at radius 3 is 2.20 bits per heavy atom. The molecule has 2 aromatic carbocycles. The first-order valence-corrected chi connectivity index (χ1v) is 6.52. The van der Waals surface area contributed by atoms with Gasteiger partial charge in [-0.25, -0.2) is 0 Å². The molecule has 0 radical (unpaired) electrons. The molecule has 0 aliphatic carbocycles. The Labute approximate surface area is 118 Å². The highest BCUT2D eigenvalue weighted by Crippen LogP contribution is 2.39. The van der Waals surface area contributed by atoms with Crippen molar-refractivity contribution in [2.45, 2.75) is 6.04 Å². The lowest BCUT2D eigenvalue weighted by Crippen LogP contribution is -2.19. The van der Waals surface area contributed by atoms with Gasteiger partial charge in [0.25, 0.3) is 0 Å². The topological polar surface area (TPSA) is 29.5 Å². The van der Waals surface area contributed by atoms with E-state index in [9.17, 15) is 4.79 Å². The number of likely N-dealkylation sites (N-methyl/N-ethyl adjacent to an activating group) is 1. The Hall–Kier alpha value is -2.39. The zero-order chi connectivity index (χ0) is 13.9. The van der Waals surface area contributed by atoms with E-state index in [1.54, 1.807) is 5.06 Å². The van der Waals surface area contributed by atoms with Crippen LogP contribution in [0.4, 0.5) is 0 Å². The SMILES string of the molecule is CN1OC(c2ccccc2)=C(C=O)C1c1ccccc1. The third-order valence-corrected chi connectivity index (χ3v) is 3.43. The summed E-state index contributed by atoms with van der Waals surface area (Å²) < 4.78 is 0. The minimum absolute atomic E-state index is 0.163. The van der Waals surface area contributed by atoms with Gasteiger partial charge in [-0.1, -0.05) is 60.7 Å². The molecule has 0 amide bonds. The largest absolute Gasteiger partial charge is 0.404 e. The summed E-state index contributed by atoms with van der Waals surface area (Å²) in [5, 5.41) is 1.72. The molecule has 2 aromatic rings. The van der Waals surface area contributed by atoms with Crippen molar-refractivity contribution >= 4 is 12.0 Å². The number of hydroxylamine groups is 2. The predicted molar refractivity (Wildman–Crippen MR) is 77.5 cm³/mol. The highest BCUT2D eigenvalue weighted by atomic mass is 16.7. The number of hydrogen-bond acceptors (Lipinski definition) is 3. The molecule has 1 unspecified atom stereocenters. The molecule has 0 bridgehead atoms. The second-order valence-electron chi connectivity index (χ2n) is 4.72. The van der Waals surface area contributed by atoms with Gasteiger partial charge in [-0.3, -0.25) is 4.79 Å². The van der Waals surface area contributed by atoms with Crippen molar-refractivity contribution in [3.63, 3.8) is 0 Å². The standard InChI is InChI=1S/C17H15NO2/c1-18-16(13-8-4-2-5-9-13)15(12-19)17(20-18)14-10-6-3-7-11-14/h2-12,16H,1H3. The minimum Gasteiger partial charge on any atom is -0.404 e. The van der Waals surface area contributed by atoms with Gasteiger partial charge in [0, 0.05) is 12.6 Å². The van der Waals surface area contributed by atoms with Crippen molar-refractivity contribution in [3.05, 3.63) is 77.4 Å². The number of rotatable bonds is 3. The number of carbonyl (C=O) groups is 1. The van der Waals surface area contributed by atoms with E-state index in [0.717, 1.165) is 17.4 Å². The summed E-state index contributed by atoms with van der Waals surface area (Å²) in [6.45, 7) is 0. The summed E-state index contributed by atoms with van der Waals surface area (Å²) in [6.07, 6.45) is 0.892. The Morgan fingerprint density at radius 2 is 1.60 bits per heavy atom. The average Bonchev–Trinajstić information content (AvgIpc) is 2.85. The first kappa shape index (κ1) is 12.6. The summed E-state index contributed by atoms with van der Waals surface area (Å²) in [4.78, 5) is 17.4. The maximum atomic E-state index is 11.6. The fourth-order valence-corrected chi connectivity index (χ4v) is 2.52. The van der Waals surface area contributed by atoms with Crippen molar-refractivity contribution in [2.24, 2.45) is 0 Å². The monoisotopic (exact) mass is 265 g/mol. The quantitative estimate of drug-likeness (QED) is 0.798. The van der Waals surface area contributed by atoms with Crippen LogP contribution in [0.2, 0.25) is 0 Å². The molecular weight excluding hydrogens is 250 g/mol. The summed E-state index contributed by atoms with van der Waals surface area (Å²) in [6, 6.07) is 19.4. The number of nitrogens with zero attached hydrogens (tertiary/aromatic N) is 1. The van der Waals surface area contributed by atoms with Crippen LogP contribution in [0.1, 0.15) is 17.2 Å². The molecule has 0 aromatic heterocycles. The molecule has 0 saturated heterocycles. The van der Waals surface area contributed by atoms with Gasteiger partial charge in [0.2, 0.25) is 0 Å². The average molecular weight is 265 g/mol. The van der Waals surface area contributed by atoms with Crippen molar-refractivity contribution in [1.82, 2.24) is 5.06 Å². The molecule has 1 aliphatic heterocycles. The molecule has 3 rings (SSSR count). The predicted octanol–water partition coefficient (Wildman–Crippen LogP) is 3.21. The Morgan fingerprint density at radius 1 is 1.00 bits per heavy atom. The molecule has 0 spiro atoms. The molecule has 1 aliphatic rings. The lowest BCUT2D eigenvalue weighted by Gasteiger charge is -2.19. The second-order valence-corrected chi connectivity index (χ2v) is 4.72. The molecular formula is C17H15NO2. The van der Waals surface area contributed by atoms with Crippen LogP contribution in [0, 0.1) is 0 Å². The van der Waals surface area contributed by atoms with Crippen LogP contribution in [0.3, 0.4) is 0 Å². The van der Waals surface area contributed by atoms with E-state index in [4.69, 9.17) is 4.84 Å². The minimum atomic E-state index is -0.163. The van der Waals surface area contributed by atoms with Crippen LogP contribution in [-0.4, -0.2) is 18.4 Å². The van der Waals surface area contributed by atoms with Gasteiger partial charge < -0.3 is 4.84 Å². The van der Waals surface area contributed by atoms with Crippen LogP contribution >= 0.6 is 0 Å². The zero-order valence-electron chi connectivity index (χ0n) is 11.2. The summed E-state index contributed by atoms with van der Waals surface area (Å²) in [5.41, 5.74) is 2.62. The third-order valence-electron chi connectivity index (χ3n) is 3.43. The van der Waals surface area contributed by atoms with Gasteiger partial charge in [-0.05, 0) is 5.56 Å². The van der Waals surface area contributed by atoms with Gasteiger partial charge in [0.1, 0.15) is 6.04 Å². The fourth-order valence-electron chi connectivity index (χ4n) is 2.52. The zero-order valence-corrected chi connectivity index (χ0v) is 11.2. The molecule has 100 valence electrons. The molecule has 0 saturated carbocycles. The van der Waals surface area contributed by atoms with Crippen molar-refractivity contribution in [2.75, 3.05) is 7.05 Å². The lowest BCUT2D eigenvalue weighted by atomic mass is 9.97.